The third-order valence-electron chi connectivity index (χ3n) is 4.57. The highest BCUT2D eigenvalue weighted by atomic mass is 15.1. The summed E-state index contributed by atoms with van der Waals surface area (Å²) < 4.78 is 0. The summed E-state index contributed by atoms with van der Waals surface area (Å²) >= 11 is 0. The Morgan fingerprint density at radius 2 is 1.95 bits per heavy atom. The summed E-state index contributed by atoms with van der Waals surface area (Å²) in [6.07, 6.45) is 4.79. The van der Waals surface area contributed by atoms with Gasteiger partial charge < -0.3 is 4.90 Å². The minimum Gasteiger partial charge on any atom is -0.306 e. The lowest BCUT2D eigenvalue weighted by Crippen LogP contribution is -2.13. The number of hydrogen-bond donors (Lipinski definition) is 0. The highest BCUT2D eigenvalue weighted by molar-refractivity contribution is 5.87. The van der Waals surface area contributed by atoms with Crippen LogP contribution >= 0.6 is 0 Å². The lowest BCUT2D eigenvalue weighted by Gasteiger charge is -2.15. The molecule has 22 heavy (non-hydrogen) atoms. The smallest absolute Gasteiger partial charge is 0.116 e. The molecule has 1 saturated heterocycles. The summed E-state index contributed by atoms with van der Waals surface area (Å²) in [6, 6.07) is 15.1. The quantitative estimate of drug-likeness (QED) is 0.720. The van der Waals surface area contributed by atoms with Crippen molar-refractivity contribution in [3.05, 3.63) is 60.6 Å². The predicted octanol–water partition coefficient (Wildman–Crippen LogP) is 3.72. The van der Waals surface area contributed by atoms with Gasteiger partial charge in [-0.3, -0.25) is 0 Å². The van der Waals surface area contributed by atoms with E-state index in [2.05, 4.69) is 64.4 Å². The summed E-state index contributed by atoms with van der Waals surface area (Å²) in [4.78, 5) is 11.2. The molecule has 0 bridgehead atoms. The standard InChI is InChI=1S/C19H19N3/c1-22-8-7-15(12-22)18-10-16(14-5-3-2-4-6-14)9-17-11-20-13-21-19(17)18/h2-6,9-11,13,15H,7-8,12H2,1H3. The molecule has 1 fully saturated rings. The summed E-state index contributed by atoms with van der Waals surface area (Å²) in [5.41, 5.74) is 4.98. The van der Waals surface area contributed by atoms with Crippen molar-refractivity contribution in [3.63, 3.8) is 0 Å². The van der Waals surface area contributed by atoms with Crippen LogP contribution in [0.15, 0.2) is 55.0 Å². The molecule has 110 valence electrons. The van der Waals surface area contributed by atoms with Crippen LogP contribution in [0.4, 0.5) is 0 Å². The minimum absolute atomic E-state index is 0.561. The van der Waals surface area contributed by atoms with Crippen LogP contribution in [0.3, 0.4) is 0 Å². The Kier molecular flexibility index (Phi) is 3.35. The zero-order valence-corrected chi connectivity index (χ0v) is 12.7. The van der Waals surface area contributed by atoms with E-state index >= 15 is 0 Å². The molecule has 1 aliphatic heterocycles. The third-order valence-corrected chi connectivity index (χ3v) is 4.57. The van der Waals surface area contributed by atoms with Gasteiger partial charge in [-0.25, -0.2) is 9.97 Å². The molecule has 2 aromatic carbocycles. The number of likely N-dealkylation sites (N-methyl/N-ethyl adjacent to an activating group) is 1. The molecule has 0 amide bonds. The normalized spacial score (nSPS) is 18.9. The van der Waals surface area contributed by atoms with Gasteiger partial charge in [0.1, 0.15) is 6.33 Å². The van der Waals surface area contributed by atoms with Gasteiger partial charge in [0.05, 0.1) is 5.52 Å². The first-order valence-electron chi connectivity index (χ1n) is 7.79. The summed E-state index contributed by atoms with van der Waals surface area (Å²) in [5, 5.41) is 1.13. The highest BCUT2D eigenvalue weighted by Crippen LogP contribution is 2.34. The van der Waals surface area contributed by atoms with Crippen LogP contribution in [0, 0.1) is 0 Å². The van der Waals surface area contributed by atoms with Gasteiger partial charge in [0.25, 0.3) is 0 Å². The van der Waals surface area contributed by atoms with Crippen molar-refractivity contribution < 1.29 is 0 Å². The zero-order chi connectivity index (χ0) is 14.9. The fraction of sp³-hybridized carbons (Fsp3) is 0.263. The van der Waals surface area contributed by atoms with E-state index in [1.807, 2.05) is 6.20 Å². The van der Waals surface area contributed by atoms with Crippen molar-refractivity contribution in [2.45, 2.75) is 12.3 Å². The zero-order valence-electron chi connectivity index (χ0n) is 12.7. The molecule has 3 aromatic rings. The summed E-state index contributed by atoms with van der Waals surface area (Å²) in [5.74, 6) is 0.561. The van der Waals surface area contributed by atoms with Crippen molar-refractivity contribution in [1.29, 1.82) is 0 Å². The van der Waals surface area contributed by atoms with E-state index in [9.17, 15) is 0 Å². The molecule has 1 unspecified atom stereocenters. The molecule has 3 nitrogen and oxygen atoms in total. The van der Waals surface area contributed by atoms with E-state index in [-0.39, 0.29) is 0 Å². The van der Waals surface area contributed by atoms with Gasteiger partial charge in [-0.05, 0) is 54.8 Å². The number of benzene rings is 2. The van der Waals surface area contributed by atoms with Crippen molar-refractivity contribution in [1.82, 2.24) is 14.9 Å². The predicted molar refractivity (Wildman–Crippen MR) is 89.8 cm³/mol. The Balaban J connectivity index is 1.90. The second kappa shape index (κ2) is 5.50. The van der Waals surface area contributed by atoms with E-state index in [1.165, 1.54) is 23.1 Å². The number of likely N-dealkylation sites (tertiary alicyclic amines) is 1. The number of aromatic nitrogens is 2. The monoisotopic (exact) mass is 289 g/mol. The molecule has 0 aliphatic carbocycles. The van der Waals surface area contributed by atoms with E-state index in [1.54, 1.807) is 6.33 Å². The fourth-order valence-corrected chi connectivity index (χ4v) is 3.43. The van der Waals surface area contributed by atoms with E-state index in [4.69, 9.17) is 0 Å². The van der Waals surface area contributed by atoms with E-state index in [0.29, 0.717) is 5.92 Å². The van der Waals surface area contributed by atoms with E-state index in [0.717, 1.165) is 24.0 Å². The van der Waals surface area contributed by atoms with Gasteiger partial charge >= 0.3 is 0 Å². The molecule has 1 aromatic heterocycles. The van der Waals surface area contributed by atoms with Gasteiger partial charge in [-0.2, -0.15) is 0 Å². The average Bonchev–Trinajstić information content (AvgIpc) is 3.01. The van der Waals surface area contributed by atoms with Crippen molar-refractivity contribution in [2.75, 3.05) is 20.1 Å². The first kappa shape index (κ1) is 13.4. The van der Waals surface area contributed by atoms with Crippen LogP contribution in [0.25, 0.3) is 22.0 Å². The molecule has 0 radical (unpaired) electrons. The molecule has 0 N–H and O–H groups in total. The molecule has 0 spiro atoms. The van der Waals surface area contributed by atoms with Crippen molar-refractivity contribution in [2.24, 2.45) is 0 Å². The maximum Gasteiger partial charge on any atom is 0.116 e. The Bertz CT molecular complexity index is 798. The largest absolute Gasteiger partial charge is 0.306 e. The van der Waals surface area contributed by atoms with Crippen LogP contribution in [0.2, 0.25) is 0 Å². The van der Waals surface area contributed by atoms with Crippen LogP contribution in [-0.2, 0) is 0 Å². The van der Waals surface area contributed by atoms with E-state index < -0.39 is 0 Å². The minimum atomic E-state index is 0.561. The topological polar surface area (TPSA) is 29.0 Å². The molecule has 1 atom stereocenters. The highest BCUT2D eigenvalue weighted by Gasteiger charge is 2.24. The second-order valence-electron chi connectivity index (χ2n) is 6.14. The number of rotatable bonds is 2. The summed E-state index contributed by atoms with van der Waals surface area (Å²) in [7, 11) is 2.19. The average molecular weight is 289 g/mol. The number of hydrogen-bond acceptors (Lipinski definition) is 3. The Labute approximate surface area is 130 Å². The lowest BCUT2D eigenvalue weighted by molar-refractivity contribution is 0.412. The van der Waals surface area contributed by atoms with Gasteiger partial charge in [-0.1, -0.05) is 30.3 Å². The third kappa shape index (κ3) is 2.38. The Hall–Kier alpha value is -2.26. The SMILES string of the molecule is CN1CCC(c2cc(-c3ccccc3)cc3cncnc23)C1. The molecule has 4 rings (SSSR count). The fourth-order valence-electron chi connectivity index (χ4n) is 3.43. The number of fused-ring (bicyclic) bond motifs is 1. The molecule has 0 saturated carbocycles. The molecule has 1 aliphatic rings. The van der Waals surface area contributed by atoms with Gasteiger partial charge in [0, 0.05) is 18.1 Å². The molecule has 2 heterocycles. The summed E-state index contributed by atoms with van der Waals surface area (Å²) in [6.45, 7) is 2.27. The van der Waals surface area contributed by atoms with Crippen LogP contribution in [-0.4, -0.2) is 35.0 Å². The first-order chi connectivity index (χ1) is 10.8. The number of nitrogens with zero attached hydrogens (tertiary/aromatic N) is 3. The van der Waals surface area contributed by atoms with Crippen molar-refractivity contribution in [3.8, 4) is 11.1 Å². The van der Waals surface area contributed by atoms with Gasteiger partial charge in [0.15, 0.2) is 0 Å². The van der Waals surface area contributed by atoms with Gasteiger partial charge in [0.2, 0.25) is 0 Å². The van der Waals surface area contributed by atoms with Crippen LogP contribution in [0.5, 0.6) is 0 Å². The van der Waals surface area contributed by atoms with Crippen LogP contribution < -0.4 is 0 Å². The maximum absolute atomic E-state index is 4.56. The van der Waals surface area contributed by atoms with Crippen LogP contribution in [0.1, 0.15) is 17.9 Å². The lowest BCUT2D eigenvalue weighted by atomic mass is 9.92. The Morgan fingerprint density at radius 1 is 1.09 bits per heavy atom. The van der Waals surface area contributed by atoms with Crippen molar-refractivity contribution >= 4 is 10.9 Å². The maximum atomic E-state index is 4.56. The Morgan fingerprint density at radius 3 is 2.73 bits per heavy atom. The van der Waals surface area contributed by atoms with Gasteiger partial charge in [-0.15, -0.1) is 0 Å². The second-order valence-corrected chi connectivity index (χ2v) is 6.14. The first-order valence-corrected chi connectivity index (χ1v) is 7.79. The molecular formula is C19H19N3. The molecule has 3 heteroatoms. The molecular weight excluding hydrogens is 270 g/mol.